The van der Waals surface area contributed by atoms with E-state index >= 15 is 0 Å². The van der Waals surface area contributed by atoms with Crippen molar-refractivity contribution in [1.82, 2.24) is 15.2 Å². The smallest absolute Gasteiger partial charge is 0.352 e. The number of nitrogens with two attached hydrogens (primary N) is 2. The first-order valence-electron chi connectivity index (χ1n) is 9.00. The molecule has 1 saturated heterocycles. The number of carboxylic acids is 1. The predicted octanol–water partition coefficient (Wildman–Crippen LogP) is 0.710. The average molecular weight is 413 g/mol. The van der Waals surface area contributed by atoms with Crippen LogP contribution in [0.15, 0.2) is 41.4 Å². The fourth-order valence-corrected chi connectivity index (χ4v) is 4.37. The van der Waals surface area contributed by atoms with Crippen molar-refractivity contribution in [2.75, 3.05) is 5.73 Å². The highest BCUT2D eigenvalue weighted by Gasteiger charge is 2.53. The molecule has 29 heavy (non-hydrogen) atoms. The Hall–Kier alpha value is -3.24. The van der Waals surface area contributed by atoms with Gasteiger partial charge in [-0.15, -0.1) is 11.3 Å². The number of fused-ring (bicyclic) bond motifs is 1. The van der Waals surface area contributed by atoms with E-state index in [1.165, 1.54) is 16.2 Å². The van der Waals surface area contributed by atoms with Gasteiger partial charge in [-0.2, -0.15) is 0 Å². The highest BCUT2D eigenvalue weighted by atomic mass is 32.1. The second-order valence-electron chi connectivity index (χ2n) is 6.89. The summed E-state index contributed by atoms with van der Waals surface area (Å²) in [5, 5.41) is 14.4. The number of nitrogens with zero attached hydrogens (tertiary/aromatic N) is 2. The van der Waals surface area contributed by atoms with Gasteiger partial charge >= 0.3 is 5.97 Å². The zero-order chi connectivity index (χ0) is 20.7. The summed E-state index contributed by atoms with van der Waals surface area (Å²) in [5.74, 6) is -2.16. The Morgan fingerprint density at radius 1 is 1.31 bits per heavy atom. The molecule has 2 amide bonds. The van der Waals surface area contributed by atoms with E-state index in [4.69, 9.17) is 11.5 Å². The average Bonchev–Trinajstić information content (AvgIpc) is 3.16. The number of carboxylic acid groups (broad SMARTS) is 1. The lowest BCUT2D eigenvalue weighted by Crippen LogP contribution is -2.72. The Labute approximate surface area is 170 Å². The Morgan fingerprint density at radius 2 is 2.03 bits per heavy atom. The minimum atomic E-state index is -1.21. The SMILES string of the molecule is Nc1nc(C2=C(C(=O)O)N3C(=O)[C@@H](NC(=O)[C@H](N)c4ccccc4)[C@H]3CC2)cs1. The van der Waals surface area contributed by atoms with Crippen LogP contribution in [0.3, 0.4) is 0 Å². The number of amides is 2. The minimum absolute atomic E-state index is 0.102. The first kappa shape index (κ1) is 19.1. The summed E-state index contributed by atoms with van der Waals surface area (Å²) < 4.78 is 0. The van der Waals surface area contributed by atoms with Crippen molar-refractivity contribution in [2.24, 2.45) is 5.73 Å². The molecule has 0 aliphatic carbocycles. The lowest BCUT2D eigenvalue weighted by molar-refractivity contribution is -0.155. The van der Waals surface area contributed by atoms with Crippen molar-refractivity contribution in [3.63, 3.8) is 0 Å². The summed E-state index contributed by atoms with van der Waals surface area (Å²) in [6, 6.07) is 6.69. The zero-order valence-electron chi connectivity index (χ0n) is 15.2. The van der Waals surface area contributed by atoms with E-state index in [-0.39, 0.29) is 5.70 Å². The third-order valence-electron chi connectivity index (χ3n) is 5.21. The molecular formula is C19H19N5O4S. The first-order valence-corrected chi connectivity index (χ1v) is 9.88. The van der Waals surface area contributed by atoms with Crippen molar-refractivity contribution in [2.45, 2.75) is 31.0 Å². The summed E-state index contributed by atoms with van der Waals surface area (Å²) in [6.07, 6.45) is 0.914. The van der Waals surface area contributed by atoms with E-state index in [0.717, 1.165) is 0 Å². The number of allylic oxidation sites excluding steroid dienone is 1. The topological polar surface area (TPSA) is 152 Å². The number of nitrogens with one attached hydrogen (secondary N) is 1. The first-order chi connectivity index (χ1) is 13.9. The number of carbonyl (C=O) groups is 3. The molecule has 1 aromatic heterocycles. The lowest BCUT2D eigenvalue weighted by Gasteiger charge is -2.50. The summed E-state index contributed by atoms with van der Waals surface area (Å²) in [6.45, 7) is 0. The van der Waals surface area contributed by atoms with E-state index in [1.54, 1.807) is 29.6 Å². The van der Waals surface area contributed by atoms with E-state index in [0.29, 0.717) is 34.8 Å². The molecular weight excluding hydrogens is 394 g/mol. The molecule has 0 bridgehead atoms. The van der Waals surface area contributed by atoms with Gasteiger partial charge in [-0.05, 0) is 18.4 Å². The van der Waals surface area contributed by atoms with Gasteiger partial charge in [0.05, 0.1) is 11.7 Å². The lowest BCUT2D eigenvalue weighted by atomic mass is 9.82. The zero-order valence-corrected chi connectivity index (χ0v) is 16.1. The van der Waals surface area contributed by atoms with Gasteiger partial charge in [0.1, 0.15) is 17.8 Å². The fourth-order valence-electron chi connectivity index (χ4n) is 3.79. The number of benzene rings is 1. The van der Waals surface area contributed by atoms with E-state index in [2.05, 4.69) is 10.3 Å². The number of rotatable bonds is 5. The maximum absolute atomic E-state index is 12.7. The molecule has 1 fully saturated rings. The molecule has 6 N–H and O–H groups in total. The van der Waals surface area contributed by atoms with E-state index in [1.807, 2.05) is 6.07 Å². The van der Waals surface area contributed by atoms with Crippen LogP contribution in [0.2, 0.25) is 0 Å². The van der Waals surface area contributed by atoms with Crippen LogP contribution in [0.5, 0.6) is 0 Å². The quantitative estimate of drug-likeness (QED) is 0.527. The highest BCUT2D eigenvalue weighted by molar-refractivity contribution is 7.13. The number of aliphatic carboxylic acids is 1. The number of anilines is 1. The molecule has 10 heteroatoms. The molecule has 0 spiro atoms. The molecule has 2 aliphatic rings. The second-order valence-corrected chi connectivity index (χ2v) is 7.78. The highest BCUT2D eigenvalue weighted by Crippen LogP contribution is 2.41. The van der Waals surface area contributed by atoms with Crippen LogP contribution in [0.1, 0.15) is 30.1 Å². The second kappa shape index (κ2) is 7.30. The molecule has 150 valence electrons. The largest absolute Gasteiger partial charge is 0.477 e. The number of carbonyl (C=O) groups excluding carboxylic acids is 2. The van der Waals surface area contributed by atoms with Crippen molar-refractivity contribution in [3.8, 4) is 0 Å². The summed E-state index contributed by atoms with van der Waals surface area (Å²) >= 11 is 1.21. The number of aromatic nitrogens is 1. The molecule has 1 aromatic carbocycles. The van der Waals surface area contributed by atoms with Crippen LogP contribution in [-0.4, -0.2) is 44.9 Å². The molecule has 9 nitrogen and oxygen atoms in total. The third kappa shape index (κ3) is 3.26. The minimum Gasteiger partial charge on any atom is -0.477 e. The number of nitrogen functional groups attached to an aromatic ring is 1. The Balaban J connectivity index is 1.54. The van der Waals surface area contributed by atoms with Crippen molar-refractivity contribution < 1.29 is 19.5 Å². The Morgan fingerprint density at radius 3 is 2.66 bits per heavy atom. The molecule has 2 aromatic rings. The number of hydrogen-bond acceptors (Lipinski definition) is 7. The summed E-state index contributed by atoms with van der Waals surface area (Å²) in [5.41, 5.74) is 13.1. The number of thiazole rings is 1. The van der Waals surface area contributed by atoms with Gasteiger partial charge in [0.2, 0.25) is 5.91 Å². The Kier molecular flexibility index (Phi) is 4.81. The molecule has 0 saturated carbocycles. The van der Waals surface area contributed by atoms with Gasteiger partial charge in [-0.25, -0.2) is 9.78 Å². The van der Waals surface area contributed by atoms with Crippen LogP contribution < -0.4 is 16.8 Å². The van der Waals surface area contributed by atoms with Crippen molar-refractivity contribution in [1.29, 1.82) is 0 Å². The maximum Gasteiger partial charge on any atom is 0.352 e. The maximum atomic E-state index is 12.7. The van der Waals surface area contributed by atoms with Crippen LogP contribution in [0.25, 0.3) is 5.57 Å². The van der Waals surface area contributed by atoms with Gasteiger partial charge in [-0.1, -0.05) is 30.3 Å². The van der Waals surface area contributed by atoms with Crippen molar-refractivity contribution >= 4 is 39.8 Å². The normalized spacial score (nSPS) is 22.0. The van der Waals surface area contributed by atoms with Crippen LogP contribution >= 0.6 is 11.3 Å². The van der Waals surface area contributed by atoms with Crippen LogP contribution in [0.4, 0.5) is 5.13 Å². The fraction of sp³-hybridized carbons (Fsp3) is 0.263. The summed E-state index contributed by atoms with van der Waals surface area (Å²) in [4.78, 5) is 42.5. The van der Waals surface area contributed by atoms with Gasteiger partial charge < -0.3 is 21.9 Å². The van der Waals surface area contributed by atoms with Gasteiger partial charge in [-0.3, -0.25) is 14.5 Å². The summed E-state index contributed by atoms with van der Waals surface area (Å²) in [7, 11) is 0. The monoisotopic (exact) mass is 413 g/mol. The predicted molar refractivity (Wildman–Crippen MR) is 106 cm³/mol. The van der Waals surface area contributed by atoms with Gasteiger partial charge in [0, 0.05) is 11.0 Å². The molecule has 0 unspecified atom stereocenters. The van der Waals surface area contributed by atoms with Gasteiger partial charge in [0.15, 0.2) is 5.13 Å². The van der Waals surface area contributed by atoms with Crippen LogP contribution in [-0.2, 0) is 14.4 Å². The van der Waals surface area contributed by atoms with Crippen LogP contribution in [0, 0.1) is 0 Å². The van der Waals surface area contributed by atoms with E-state index in [9.17, 15) is 19.5 Å². The molecule has 2 aliphatic heterocycles. The van der Waals surface area contributed by atoms with Gasteiger partial charge in [0.25, 0.3) is 5.91 Å². The van der Waals surface area contributed by atoms with Crippen molar-refractivity contribution in [3.05, 3.63) is 52.7 Å². The third-order valence-corrected chi connectivity index (χ3v) is 5.88. The molecule has 3 atom stereocenters. The van der Waals surface area contributed by atoms with E-state index < -0.39 is 35.9 Å². The number of hydrogen-bond donors (Lipinski definition) is 4. The Bertz CT molecular complexity index is 1020. The standard InChI is InChI=1S/C19H19N5O4S/c20-13(9-4-2-1-3-5-9)16(25)23-14-12-7-6-10(11-8-29-19(21)22-11)15(18(27)28)24(12)17(14)26/h1-5,8,12-14H,6-7,20H2,(H2,21,22)(H,23,25)(H,27,28)/t12-,13-,14+/m1/s1. The number of β-lactam (4-membered cyclic amide) rings is 1. The molecule has 3 heterocycles. The molecule has 4 rings (SSSR count). The molecule has 0 radical (unpaired) electrons.